The normalized spacial score (nSPS) is 12.2. The summed E-state index contributed by atoms with van der Waals surface area (Å²) in [4.78, 5) is 28.6. The molecule has 39 heavy (non-hydrogen) atoms. The number of sulfonamides is 1. The van der Waals surface area contributed by atoms with E-state index in [9.17, 15) is 22.4 Å². The van der Waals surface area contributed by atoms with Crippen molar-refractivity contribution in [2.75, 3.05) is 20.1 Å². The van der Waals surface area contributed by atoms with E-state index in [1.54, 1.807) is 30.3 Å². The molecule has 0 aliphatic rings. The van der Waals surface area contributed by atoms with E-state index >= 15 is 0 Å². The van der Waals surface area contributed by atoms with Gasteiger partial charge >= 0.3 is 0 Å². The molecule has 0 saturated heterocycles. The minimum atomic E-state index is -3.98. The molecule has 0 saturated carbocycles. The molecule has 0 spiro atoms. The molecule has 0 fully saturated rings. The van der Waals surface area contributed by atoms with Crippen molar-refractivity contribution in [2.24, 2.45) is 0 Å². The zero-order valence-electron chi connectivity index (χ0n) is 22.6. The topological polar surface area (TPSA) is 86.8 Å². The predicted octanol–water partition coefficient (Wildman–Crippen LogP) is 4.31. The molecular weight excluding hydrogens is 517 g/mol. The lowest BCUT2D eigenvalue weighted by molar-refractivity contribution is -0.141. The summed E-state index contributed by atoms with van der Waals surface area (Å²) in [5.74, 6) is -1.50. The molecule has 0 bridgehead atoms. The van der Waals surface area contributed by atoms with Crippen molar-refractivity contribution in [1.82, 2.24) is 14.5 Å². The number of amides is 2. The second-order valence-electron chi connectivity index (χ2n) is 9.54. The van der Waals surface area contributed by atoms with Gasteiger partial charge in [0.15, 0.2) is 0 Å². The molecule has 0 heterocycles. The molecule has 0 aliphatic carbocycles. The second kappa shape index (κ2) is 14.0. The first-order chi connectivity index (χ1) is 18.6. The Kier molecular flexibility index (Phi) is 10.8. The Morgan fingerprint density at radius 3 is 2.23 bits per heavy atom. The molecule has 2 amide bonds. The minimum Gasteiger partial charge on any atom is -0.354 e. The van der Waals surface area contributed by atoms with E-state index in [0.717, 1.165) is 28.3 Å². The smallest absolute Gasteiger partial charge is 0.243 e. The summed E-state index contributed by atoms with van der Waals surface area (Å²) in [6, 6.07) is 20.7. The number of unbranched alkanes of at least 4 members (excludes halogenated alkanes) is 1. The van der Waals surface area contributed by atoms with Crippen molar-refractivity contribution in [3.63, 3.8) is 0 Å². The first-order valence-electron chi connectivity index (χ1n) is 13.0. The quantitative estimate of drug-likeness (QED) is 0.320. The van der Waals surface area contributed by atoms with Crippen LogP contribution in [-0.4, -0.2) is 55.6 Å². The first kappa shape index (κ1) is 30.0. The van der Waals surface area contributed by atoms with Crippen LogP contribution in [0.4, 0.5) is 4.39 Å². The van der Waals surface area contributed by atoms with Crippen molar-refractivity contribution in [3.05, 3.63) is 101 Å². The van der Waals surface area contributed by atoms with Crippen molar-refractivity contribution in [2.45, 2.75) is 50.6 Å². The van der Waals surface area contributed by atoms with Crippen molar-refractivity contribution in [1.29, 1.82) is 0 Å². The fraction of sp³-hybridized carbons (Fsp3) is 0.333. The lowest BCUT2D eigenvalue weighted by Gasteiger charge is -2.32. The standard InChI is InChI=1S/C30H36FN3O4S/c1-4-5-19-32-30(36)28(20-24-11-7-6-8-12-24)34(21-25-13-9-10-14-27(25)31)29(35)22-33(3)39(37,38)26-17-15-23(2)16-18-26/h6-18,28H,4-5,19-22H2,1-3H3,(H,32,36)/t28-/m0/s1. The van der Waals surface area contributed by atoms with Crippen LogP contribution in [0.3, 0.4) is 0 Å². The van der Waals surface area contributed by atoms with Gasteiger partial charge in [0, 0.05) is 32.1 Å². The molecule has 208 valence electrons. The van der Waals surface area contributed by atoms with Crippen LogP contribution in [-0.2, 0) is 32.6 Å². The van der Waals surface area contributed by atoms with E-state index in [1.807, 2.05) is 44.2 Å². The van der Waals surface area contributed by atoms with E-state index in [-0.39, 0.29) is 29.3 Å². The third kappa shape index (κ3) is 8.21. The molecule has 0 aliphatic heterocycles. The maximum absolute atomic E-state index is 14.7. The second-order valence-corrected chi connectivity index (χ2v) is 11.6. The molecule has 0 aromatic heterocycles. The van der Waals surface area contributed by atoms with Crippen LogP contribution < -0.4 is 5.32 Å². The van der Waals surface area contributed by atoms with Gasteiger partial charge in [0.05, 0.1) is 11.4 Å². The van der Waals surface area contributed by atoms with E-state index in [1.165, 1.54) is 30.1 Å². The molecule has 3 aromatic carbocycles. The summed E-state index contributed by atoms with van der Waals surface area (Å²) in [6.07, 6.45) is 1.83. The monoisotopic (exact) mass is 553 g/mol. The number of carbonyl (C=O) groups is 2. The largest absolute Gasteiger partial charge is 0.354 e. The fourth-order valence-electron chi connectivity index (χ4n) is 4.13. The van der Waals surface area contributed by atoms with Gasteiger partial charge in [-0.1, -0.05) is 79.6 Å². The Morgan fingerprint density at radius 2 is 1.59 bits per heavy atom. The van der Waals surface area contributed by atoms with E-state index < -0.39 is 34.3 Å². The highest BCUT2D eigenvalue weighted by Gasteiger charge is 2.33. The number of rotatable bonds is 13. The van der Waals surface area contributed by atoms with Gasteiger partial charge in [0.25, 0.3) is 0 Å². The van der Waals surface area contributed by atoms with Crippen LogP contribution in [0.5, 0.6) is 0 Å². The van der Waals surface area contributed by atoms with Crippen molar-refractivity contribution in [3.8, 4) is 0 Å². The Hall–Kier alpha value is -3.56. The first-order valence-corrected chi connectivity index (χ1v) is 14.4. The zero-order valence-corrected chi connectivity index (χ0v) is 23.5. The predicted molar refractivity (Wildman–Crippen MR) is 150 cm³/mol. The number of likely N-dealkylation sites (N-methyl/N-ethyl adjacent to an activating group) is 1. The summed E-state index contributed by atoms with van der Waals surface area (Å²) < 4.78 is 42.1. The Balaban J connectivity index is 1.96. The zero-order chi connectivity index (χ0) is 28.4. The van der Waals surface area contributed by atoms with Crippen molar-refractivity contribution >= 4 is 21.8 Å². The fourth-order valence-corrected chi connectivity index (χ4v) is 5.25. The molecule has 0 unspecified atom stereocenters. The molecule has 1 atom stereocenters. The molecule has 7 nitrogen and oxygen atoms in total. The number of hydrogen-bond donors (Lipinski definition) is 1. The van der Waals surface area contributed by atoms with Gasteiger partial charge in [-0.3, -0.25) is 9.59 Å². The Morgan fingerprint density at radius 1 is 0.949 bits per heavy atom. The molecule has 3 rings (SSSR count). The number of nitrogens with zero attached hydrogens (tertiary/aromatic N) is 2. The summed E-state index contributed by atoms with van der Waals surface area (Å²) in [7, 11) is -2.66. The van der Waals surface area contributed by atoms with Gasteiger partial charge in [-0.15, -0.1) is 0 Å². The summed E-state index contributed by atoms with van der Waals surface area (Å²) in [5, 5.41) is 2.90. The number of nitrogens with one attached hydrogen (secondary N) is 1. The number of carbonyl (C=O) groups excluding carboxylic acids is 2. The van der Waals surface area contributed by atoms with Crippen LogP contribution in [0.1, 0.15) is 36.5 Å². The van der Waals surface area contributed by atoms with E-state index in [0.29, 0.717) is 6.54 Å². The van der Waals surface area contributed by atoms with Gasteiger partial charge in [0.1, 0.15) is 11.9 Å². The van der Waals surface area contributed by atoms with Gasteiger partial charge in [0.2, 0.25) is 21.8 Å². The molecule has 3 aromatic rings. The SMILES string of the molecule is CCCCNC(=O)[C@H](Cc1ccccc1)N(Cc1ccccc1F)C(=O)CN(C)S(=O)(=O)c1ccc(C)cc1. The molecule has 9 heteroatoms. The Bertz CT molecular complexity index is 1350. The lowest BCUT2D eigenvalue weighted by Crippen LogP contribution is -2.53. The minimum absolute atomic E-state index is 0.0576. The summed E-state index contributed by atoms with van der Waals surface area (Å²) >= 11 is 0. The van der Waals surface area contributed by atoms with Gasteiger partial charge < -0.3 is 10.2 Å². The van der Waals surface area contributed by atoms with Gasteiger partial charge in [-0.25, -0.2) is 12.8 Å². The average molecular weight is 554 g/mol. The van der Waals surface area contributed by atoms with Crippen LogP contribution in [0.15, 0.2) is 83.8 Å². The molecule has 0 radical (unpaired) electrons. The maximum Gasteiger partial charge on any atom is 0.243 e. The summed E-state index contributed by atoms with van der Waals surface area (Å²) in [5.41, 5.74) is 1.95. The number of aryl methyl sites for hydroxylation is 1. The van der Waals surface area contributed by atoms with Gasteiger partial charge in [-0.05, 0) is 37.1 Å². The van der Waals surface area contributed by atoms with Crippen LogP contribution >= 0.6 is 0 Å². The number of hydrogen-bond acceptors (Lipinski definition) is 4. The van der Waals surface area contributed by atoms with Crippen LogP contribution in [0.25, 0.3) is 0 Å². The van der Waals surface area contributed by atoms with Gasteiger partial charge in [-0.2, -0.15) is 4.31 Å². The average Bonchev–Trinajstić information content (AvgIpc) is 2.92. The van der Waals surface area contributed by atoms with Crippen LogP contribution in [0, 0.1) is 12.7 Å². The third-order valence-electron chi connectivity index (χ3n) is 6.49. The molecule has 1 N–H and O–H groups in total. The third-order valence-corrected chi connectivity index (χ3v) is 8.30. The highest BCUT2D eigenvalue weighted by Crippen LogP contribution is 2.19. The highest BCUT2D eigenvalue weighted by molar-refractivity contribution is 7.89. The maximum atomic E-state index is 14.7. The Labute approximate surface area is 230 Å². The summed E-state index contributed by atoms with van der Waals surface area (Å²) in [6.45, 7) is 3.58. The number of halogens is 1. The molecular formula is C30H36FN3O4S. The van der Waals surface area contributed by atoms with Crippen LogP contribution in [0.2, 0.25) is 0 Å². The van der Waals surface area contributed by atoms with Crippen molar-refractivity contribution < 1.29 is 22.4 Å². The van der Waals surface area contributed by atoms with E-state index in [4.69, 9.17) is 0 Å². The lowest BCUT2D eigenvalue weighted by atomic mass is 10.0. The van der Waals surface area contributed by atoms with E-state index in [2.05, 4.69) is 5.32 Å². The highest BCUT2D eigenvalue weighted by atomic mass is 32.2. The number of benzene rings is 3.